The monoisotopic (exact) mass is 630 g/mol. The molecule has 0 spiro atoms. The zero-order valence-corrected chi connectivity index (χ0v) is 24.9. The third-order valence-corrected chi connectivity index (χ3v) is 9.32. The summed E-state index contributed by atoms with van der Waals surface area (Å²) in [5, 5.41) is 31.5. The number of hydrogen-bond donors (Lipinski definition) is 5. The van der Waals surface area contributed by atoms with Crippen molar-refractivity contribution in [3.63, 3.8) is 0 Å². The van der Waals surface area contributed by atoms with Gasteiger partial charge in [-0.2, -0.15) is 0 Å². The molecule has 0 radical (unpaired) electrons. The summed E-state index contributed by atoms with van der Waals surface area (Å²) in [6.45, 7) is 5.01. The maximum absolute atomic E-state index is 14.6. The molecule has 1 aromatic carbocycles. The van der Waals surface area contributed by atoms with Crippen LogP contribution >= 0.6 is 11.8 Å². The van der Waals surface area contributed by atoms with E-state index in [1.807, 2.05) is 9.47 Å². The Bertz CT molecular complexity index is 1600. The molecule has 1 saturated carbocycles. The van der Waals surface area contributed by atoms with Gasteiger partial charge in [0.05, 0.1) is 42.2 Å². The van der Waals surface area contributed by atoms with Gasteiger partial charge in [0, 0.05) is 60.9 Å². The molecule has 4 heterocycles. The molecule has 236 valence electrons. The minimum Gasteiger partial charge on any atom is -0.477 e. The van der Waals surface area contributed by atoms with Gasteiger partial charge in [-0.15, -0.1) is 11.8 Å². The minimum atomic E-state index is -1.28. The van der Waals surface area contributed by atoms with Crippen molar-refractivity contribution in [3.05, 3.63) is 50.5 Å². The van der Waals surface area contributed by atoms with Gasteiger partial charge in [-0.3, -0.25) is 14.6 Å². The molecule has 15 heteroatoms. The van der Waals surface area contributed by atoms with Crippen LogP contribution in [0.2, 0.25) is 0 Å². The lowest BCUT2D eigenvalue weighted by Gasteiger charge is -2.44. The molecule has 6 N–H and O–H groups in total. The lowest BCUT2D eigenvalue weighted by Crippen LogP contribution is -2.61. The number of nitrogens with zero attached hydrogens (tertiary/aromatic N) is 4. The number of aliphatic hydroxyl groups excluding tert-OH is 1. The van der Waals surface area contributed by atoms with Crippen molar-refractivity contribution in [3.8, 4) is 0 Å². The first kappa shape index (κ1) is 31.5. The van der Waals surface area contributed by atoms with Gasteiger partial charge >= 0.3 is 11.9 Å². The Morgan fingerprint density at radius 2 is 1.91 bits per heavy atom. The normalized spacial score (nSPS) is 22.1. The molecule has 2 aromatic rings. The van der Waals surface area contributed by atoms with E-state index in [0.29, 0.717) is 47.9 Å². The Morgan fingerprint density at radius 3 is 2.50 bits per heavy atom. The molecule has 1 unspecified atom stereocenters. The van der Waals surface area contributed by atoms with E-state index in [0.717, 1.165) is 25.9 Å². The summed E-state index contributed by atoms with van der Waals surface area (Å²) in [5.74, 6) is -3.06. The van der Waals surface area contributed by atoms with Gasteiger partial charge in [0.2, 0.25) is 11.3 Å². The van der Waals surface area contributed by atoms with Gasteiger partial charge in [-0.1, -0.05) is 0 Å². The van der Waals surface area contributed by atoms with Crippen LogP contribution in [-0.2, 0) is 9.59 Å². The lowest BCUT2D eigenvalue weighted by molar-refractivity contribution is -0.161. The number of thioether (sulfide) groups is 1. The summed E-state index contributed by atoms with van der Waals surface area (Å²) in [6, 6.07) is 2.85. The Balaban J connectivity index is 0.000000178. The van der Waals surface area contributed by atoms with E-state index < -0.39 is 35.2 Å². The highest BCUT2D eigenvalue weighted by Gasteiger charge is 2.56. The number of aliphatic carboxylic acids is 1. The van der Waals surface area contributed by atoms with Crippen LogP contribution in [0, 0.1) is 11.7 Å². The number of aromatic nitrogens is 1. The third-order valence-electron chi connectivity index (χ3n) is 8.22. The van der Waals surface area contributed by atoms with E-state index >= 15 is 0 Å². The average Bonchev–Trinajstić information content (AvgIpc) is 3.77. The van der Waals surface area contributed by atoms with Crippen LogP contribution in [0.1, 0.15) is 42.6 Å². The van der Waals surface area contributed by atoms with E-state index in [-0.39, 0.29) is 34.6 Å². The number of aliphatic hydroxyl groups is 1. The number of nitrogens with two attached hydrogens (primary N) is 1. The van der Waals surface area contributed by atoms with Gasteiger partial charge < -0.3 is 40.7 Å². The van der Waals surface area contributed by atoms with Gasteiger partial charge in [0.1, 0.15) is 17.1 Å². The fraction of sp³-hybridized carbons (Fsp3) is 0.483. The number of benzene rings is 1. The van der Waals surface area contributed by atoms with Crippen molar-refractivity contribution in [2.75, 3.05) is 43.4 Å². The van der Waals surface area contributed by atoms with Crippen molar-refractivity contribution in [1.29, 1.82) is 0 Å². The van der Waals surface area contributed by atoms with Crippen molar-refractivity contribution in [2.45, 2.75) is 44.4 Å². The van der Waals surface area contributed by atoms with Crippen LogP contribution in [0.3, 0.4) is 0 Å². The molecule has 3 aliphatic heterocycles. The fourth-order valence-corrected chi connectivity index (χ4v) is 7.02. The highest BCUT2D eigenvalue weighted by atomic mass is 32.2. The highest BCUT2D eigenvalue weighted by molar-refractivity contribution is 8.03. The van der Waals surface area contributed by atoms with Crippen LogP contribution in [0.5, 0.6) is 0 Å². The van der Waals surface area contributed by atoms with E-state index in [2.05, 4.69) is 10.3 Å². The Kier molecular flexibility index (Phi) is 9.27. The number of fused-ring (bicyclic) bond motifs is 2. The molecule has 13 nitrogen and oxygen atoms in total. The quantitative estimate of drug-likeness (QED) is 0.116. The predicted octanol–water partition coefficient (Wildman–Crippen LogP) is 1.20. The number of hydrogen-bond acceptors (Lipinski definition) is 9. The largest absolute Gasteiger partial charge is 0.477 e. The average molecular weight is 631 g/mol. The fourth-order valence-electron chi connectivity index (χ4n) is 5.97. The van der Waals surface area contributed by atoms with Crippen molar-refractivity contribution in [1.82, 2.24) is 14.8 Å². The van der Waals surface area contributed by atoms with E-state index in [1.54, 1.807) is 13.0 Å². The number of amides is 1. The third kappa shape index (κ3) is 6.03. The minimum absolute atomic E-state index is 0.0543. The van der Waals surface area contributed by atoms with Crippen LogP contribution in [-0.4, -0.2) is 99.6 Å². The molecule has 2 saturated heterocycles. The summed E-state index contributed by atoms with van der Waals surface area (Å²) in [7, 11) is 0. The first-order valence-electron chi connectivity index (χ1n) is 14.4. The van der Waals surface area contributed by atoms with Crippen LogP contribution in [0.4, 0.5) is 10.1 Å². The molecule has 0 bridgehead atoms. The number of pyridine rings is 1. The summed E-state index contributed by atoms with van der Waals surface area (Å²) in [4.78, 5) is 54.8. The lowest BCUT2D eigenvalue weighted by atomic mass is 9.83. The highest BCUT2D eigenvalue weighted by Crippen LogP contribution is 2.47. The molecule has 3 fully saturated rings. The molecular formula is C29H35FN6O7S. The van der Waals surface area contributed by atoms with Crippen molar-refractivity contribution < 1.29 is 34.1 Å². The van der Waals surface area contributed by atoms with Crippen LogP contribution in [0.15, 0.2) is 38.7 Å². The zero-order chi connectivity index (χ0) is 31.7. The second kappa shape index (κ2) is 13.0. The Labute approximate surface area is 256 Å². The number of anilines is 1. The maximum Gasteiger partial charge on any atom is 0.353 e. The standard InChI is InChI=1S/C17H18FN3O3.C12H17N3O4S/c18-13-7-11-14(8-15(13)20-5-3-19-4-6-20)21(10-1-2-10)9-12(16(11)22)17(23)24;1-6(16)9-7-4-8(20-3-2-14-5-13)10(12(18)19)15(7)11(9)17/h7-10,19H,1-6H2,(H,23,24);5-7,9,16H,2-4H2,1H3,(H2,13,14)(H,18,19)/t;6?,7-,9-/m.1/s1. The Hall–Kier alpha value is -3.95. The van der Waals surface area contributed by atoms with Gasteiger partial charge in [-0.25, -0.2) is 14.0 Å². The van der Waals surface area contributed by atoms with E-state index in [4.69, 9.17) is 5.73 Å². The molecular weight excluding hydrogens is 595 g/mol. The van der Waals surface area contributed by atoms with Crippen molar-refractivity contribution in [2.24, 2.45) is 16.6 Å². The first-order chi connectivity index (χ1) is 21.0. The predicted molar refractivity (Wildman–Crippen MR) is 164 cm³/mol. The second-order valence-electron chi connectivity index (χ2n) is 11.1. The SMILES string of the molecule is CC(O)[C@H]1C(=O)N2C(C(=O)O)=C(SCCN=CN)C[C@H]12.O=C(O)c1cn(C2CC2)c2cc(N3CCNCC3)c(F)cc2c1=O. The number of piperazine rings is 1. The maximum atomic E-state index is 14.6. The number of rotatable bonds is 9. The number of aromatic carboxylic acids is 1. The first-order valence-corrected chi connectivity index (χ1v) is 15.4. The van der Waals surface area contributed by atoms with Gasteiger partial charge in [0.15, 0.2) is 0 Å². The number of β-lactam (4-membered cyclic amide) rings is 1. The Morgan fingerprint density at radius 1 is 1.20 bits per heavy atom. The number of carboxylic acid groups (broad SMARTS) is 2. The zero-order valence-electron chi connectivity index (χ0n) is 24.1. The summed E-state index contributed by atoms with van der Waals surface area (Å²) in [5.41, 5.74) is 5.35. The number of halogens is 1. The molecule has 6 rings (SSSR count). The molecule has 44 heavy (non-hydrogen) atoms. The van der Waals surface area contributed by atoms with Gasteiger partial charge in [0.25, 0.3) is 0 Å². The molecule has 1 aromatic heterocycles. The van der Waals surface area contributed by atoms with Gasteiger partial charge in [-0.05, 0) is 31.9 Å². The molecule has 3 atom stereocenters. The molecule has 4 aliphatic rings. The summed E-state index contributed by atoms with van der Waals surface area (Å²) >= 11 is 1.38. The van der Waals surface area contributed by atoms with Crippen molar-refractivity contribution >= 4 is 52.5 Å². The molecule has 1 amide bonds. The number of carboxylic acids is 2. The van der Waals surface area contributed by atoms with Crippen LogP contribution < -0.4 is 21.4 Å². The van der Waals surface area contributed by atoms with E-state index in [9.17, 15) is 38.9 Å². The topological polar surface area (TPSA) is 191 Å². The number of nitrogens with one attached hydrogen (secondary N) is 1. The summed E-state index contributed by atoms with van der Waals surface area (Å²) < 4.78 is 16.4. The second-order valence-corrected chi connectivity index (χ2v) is 12.3. The smallest absolute Gasteiger partial charge is 0.353 e. The number of carbonyl (C=O) groups is 3. The summed E-state index contributed by atoms with van der Waals surface area (Å²) in [6.07, 6.45) is 4.23. The van der Waals surface area contributed by atoms with E-state index in [1.165, 1.54) is 35.3 Å². The molecule has 1 aliphatic carbocycles. The number of carbonyl (C=O) groups excluding carboxylic acids is 1. The number of aliphatic imine (C=N–C) groups is 1. The van der Waals surface area contributed by atoms with Crippen LogP contribution in [0.25, 0.3) is 10.9 Å².